The predicted octanol–water partition coefficient (Wildman–Crippen LogP) is 3.90. The maximum Gasteiger partial charge on any atom is 0.227 e. The highest BCUT2D eigenvalue weighted by atomic mass is 16.5. The smallest absolute Gasteiger partial charge is 0.227 e. The molecule has 1 aromatic heterocycles. The summed E-state index contributed by atoms with van der Waals surface area (Å²) in [6.45, 7) is 2.43. The summed E-state index contributed by atoms with van der Waals surface area (Å²) in [5.41, 5.74) is 4.69. The fourth-order valence-corrected chi connectivity index (χ4v) is 5.33. The van der Waals surface area contributed by atoms with E-state index in [1.165, 1.54) is 11.1 Å². The number of rotatable bonds is 5. The van der Waals surface area contributed by atoms with E-state index in [1.807, 2.05) is 46.3 Å². The molecule has 6 heteroatoms. The number of carbonyl (C=O) groups excluding carboxylic acids is 2. The first kappa shape index (κ1) is 21.6. The van der Waals surface area contributed by atoms with Crippen molar-refractivity contribution in [1.82, 2.24) is 14.8 Å². The molecule has 2 amide bonds. The van der Waals surface area contributed by atoms with Gasteiger partial charge in [0.25, 0.3) is 0 Å². The molecule has 1 N–H and O–H groups in total. The van der Waals surface area contributed by atoms with Crippen LogP contribution in [0, 0.1) is 0 Å². The first-order valence-corrected chi connectivity index (χ1v) is 11.9. The van der Waals surface area contributed by atoms with Gasteiger partial charge in [0, 0.05) is 49.7 Å². The van der Waals surface area contributed by atoms with E-state index >= 15 is 0 Å². The second-order valence-corrected chi connectivity index (χ2v) is 9.16. The molecular weight excluding hydrogens is 414 g/mol. The van der Waals surface area contributed by atoms with Crippen molar-refractivity contribution >= 4 is 22.7 Å². The number of aryl methyl sites for hydroxylation is 1. The van der Waals surface area contributed by atoms with Crippen LogP contribution in [0.5, 0.6) is 5.75 Å². The first-order valence-electron chi connectivity index (χ1n) is 11.9. The molecule has 6 nitrogen and oxygen atoms in total. The van der Waals surface area contributed by atoms with Crippen LogP contribution in [0.3, 0.4) is 0 Å². The Hall–Kier alpha value is -3.28. The monoisotopic (exact) mass is 445 g/mol. The minimum absolute atomic E-state index is 0.127. The van der Waals surface area contributed by atoms with Gasteiger partial charge in [0.1, 0.15) is 5.75 Å². The summed E-state index contributed by atoms with van der Waals surface area (Å²) in [5, 5.41) is 1.10. The van der Waals surface area contributed by atoms with Crippen molar-refractivity contribution in [2.45, 2.75) is 38.0 Å². The van der Waals surface area contributed by atoms with Gasteiger partial charge in [-0.2, -0.15) is 0 Å². The fraction of sp³-hybridized carbons (Fsp3) is 0.407. The summed E-state index contributed by atoms with van der Waals surface area (Å²) in [4.78, 5) is 33.0. The maximum absolute atomic E-state index is 13.1. The lowest BCUT2D eigenvalue weighted by molar-refractivity contribution is -0.139. The molecule has 2 heterocycles. The number of H-pyrrole nitrogens is 1. The number of hydrogen-bond acceptors (Lipinski definition) is 3. The molecule has 1 saturated heterocycles. The highest BCUT2D eigenvalue weighted by molar-refractivity contribution is 5.89. The third kappa shape index (κ3) is 4.47. The lowest BCUT2D eigenvalue weighted by Crippen LogP contribution is -2.51. The lowest BCUT2D eigenvalue weighted by Gasteiger charge is -2.36. The van der Waals surface area contributed by atoms with Gasteiger partial charge in [0.15, 0.2) is 0 Å². The van der Waals surface area contributed by atoms with Gasteiger partial charge in [-0.1, -0.05) is 24.3 Å². The van der Waals surface area contributed by atoms with Crippen LogP contribution in [0.4, 0.5) is 0 Å². The van der Waals surface area contributed by atoms with E-state index in [2.05, 4.69) is 17.1 Å². The molecule has 1 aliphatic carbocycles. The number of hydrogen-bond donors (Lipinski definition) is 1. The summed E-state index contributed by atoms with van der Waals surface area (Å²) in [6.07, 6.45) is 6.07. The molecule has 1 fully saturated rings. The zero-order valence-electron chi connectivity index (χ0n) is 19.2. The molecule has 172 valence electrons. The Labute approximate surface area is 194 Å². The van der Waals surface area contributed by atoms with Crippen LogP contribution < -0.4 is 4.74 Å². The molecule has 2 aliphatic rings. The van der Waals surface area contributed by atoms with Crippen LogP contribution in [0.15, 0.2) is 48.7 Å². The number of para-hydroxylation sites is 1. The van der Waals surface area contributed by atoms with Crippen LogP contribution >= 0.6 is 0 Å². The van der Waals surface area contributed by atoms with E-state index in [-0.39, 0.29) is 17.7 Å². The molecule has 1 aliphatic heterocycles. The van der Waals surface area contributed by atoms with Crippen LogP contribution in [-0.2, 0) is 22.4 Å². The van der Waals surface area contributed by atoms with Gasteiger partial charge in [-0.3, -0.25) is 9.59 Å². The molecule has 0 radical (unpaired) electrons. The Bertz CT molecular complexity index is 1160. The largest absolute Gasteiger partial charge is 0.497 e. The van der Waals surface area contributed by atoms with E-state index in [4.69, 9.17) is 4.74 Å². The first-order chi connectivity index (χ1) is 16.1. The fourth-order valence-electron chi connectivity index (χ4n) is 5.33. The summed E-state index contributed by atoms with van der Waals surface area (Å²) in [7, 11) is 1.69. The molecule has 3 aromatic rings. The minimum Gasteiger partial charge on any atom is -0.497 e. The van der Waals surface area contributed by atoms with Crippen LogP contribution in [0.2, 0.25) is 0 Å². The third-order valence-corrected chi connectivity index (χ3v) is 7.21. The Kier molecular flexibility index (Phi) is 6.07. The quantitative estimate of drug-likeness (QED) is 0.648. The highest BCUT2D eigenvalue weighted by Gasteiger charge is 2.28. The van der Waals surface area contributed by atoms with Gasteiger partial charge in [0.05, 0.1) is 13.5 Å². The van der Waals surface area contributed by atoms with E-state index < -0.39 is 0 Å². The number of aromatic nitrogens is 1. The molecule has 0 bridgehead atoms. The Morgan fingerprint density at radius 3 is 2.58 bits per heavy atom. The number of benzene rings is 2. The van der Waals surface area contributed by atoms with Crippen LogP contribution in [-0.4, -0.2) is 59.9 Å². The Morgan fingerprint density at radius 2 is 1.79 bits per heavy atom. The number of methoxy groups -OCH3 is 1. The van der Waals surface area contributed by atoms with Crippen LogP contribution in [0.25, 0.3) is 10.9 Å². The van der Waals surface area contributed by atoms with E-state index in [0.717, 1.165) is 41.5 Å². The molecule has 1 unspecified atom stereocenters. The number of ether oxygens (including phenoxy) is 1. The lowest BCUT2D eigenvalue weighted by atomic mass is 9.80. The van der Waals surface area contributed by atoms with Crippen molar-refractivity contribution < 1.29 is 14.3 Å². The van der Waals surface area contributed by atoms with Gasteiger partial charge < -0.3 is 19.5 Å². The molecule has 5 rings (SSSR count). The summed E-state index contributed by atoms with van der Waals surface area (Å²) < 4.78 is 5.37. The van der Waals surface area contributed by atoms with E-state index in [0.29, 0.717) is 39.0 Å². The number of nitrogens with one attached hydrogen (secondary N) is 1. The standard InChI is InChI=1S/C27H31N3O3/c1-33-22-9-10-23-19(15-22)5-4-6-20(23)16-26(31)29-11-13-30(14-12-29)27(32)17-21-18-28-25-8-3-2-7-24(21)25/h2-3,7-10,15,18,20,28H,4-6,11-14,16-17H2,1H3. The normalized spacial score (nSPS) is 18.3. The minimum atomic E-state index is 0.127. The number of aromatic amines is 1. The summed E-state index contributed by atoms with van der Waals surface area (Å²) >= 11 is 0. The summed E-state index contributed by atoms with van der Waals surface area (Å²) in [6, 6.07) is 14.3. The van der Waals surface area contributed by atoms with Gasteiger partial charge in [0.2, 0.25) is 11.8 Å². The van der Waals surface area contributed by atoms with Crippen molar-refractivity contribution in [2.75, 3.05) is 33.3 Å². The average Bonchev–Trinajstić information content (AvgIpc) is 3.26. The third-order valence-electron chi connectivity index (χ3n) is 7.21. The van der Waals surface area contributed by atoms with Gasteiger partial charge in [-0.15, -0.1) is 0 Å². The van der Waals surface area contributed by atoms with Crippen molar-refractivity contribution in [3.05, 3.63) is 65.4 Å². The average molecular weight is 446 g/mol. The maximum atomic E-state index is 13.1. The van der Waals surface area contributed by atoms with Crippen molar-refractivity contribution in [3.8, 4) is 5.75 Å². The van der Waals surface area contributed by atoms with Crippen molar-refractivity contribution in [3.63, 3.8) is 0 Å². The second-order valence-electron chi connectivity index (χ2n) is 9.16. The number of nitrogens with zero attached hydrogens (tertiary/aromatic N) is 2. The number of fused-ring (bicyclic) bond motifs is 2. The molecule has 0 saturated carbocycles. The molecule has 33 heavy (non-hydrogen) atoms. The van der Waals surface area contributed by atoms with Crippen LogP contribution in [0.1, 0.15) is 41.9 Å². The van der Waals surface area contributed by atoms with Gasteiger partial charge >= 0.3 is 0 Å². The second kappa shape index (κ2) is 9.30. The molecule has 0 spiro atoms. The molecule has 1 atom stereocenters. The number of carbonyl (C=O) groups is 2. The zero-order valence-corrected chi connectivity index (χ0v) is 19.2. The Balaban J connectivity index is 1.16. The molecule has 2 aromatic carbocycles. The number of amides is 2. The molecular formula is C27H31N3O3. The zero-order chi connectivity index (χ0) is 22.8. The predicted molar refractivity (Wildman–Crippen MR) is 128 cm³/mol. The highest BCUT2D eigenvalue weighted by Crippen LogP contribution is 2.36. The van der Waals surface area contributed by atoms with Crippen molar-refractivity contribution in [1.29, 1.82) is 0 Å². The van der Waals surface area contributed by atoms with Crippen molar-refractivity contribution in [2.24, 2.45) is 0 Å². The Morgan fingerprint density at radius 1 is 1.03 bits per heavy atom. The van der Waals surface area contributed by atoms with Gasteiger partial charge in [-0.25, -0.2) is 0 Å². The topological polar surface area (TPSA) is 65.6 Å². The van der Waals surface area contributed by atoms with Gasteiger partial charge in [-0.05, 0) is 60.1 Å². The summed E-state index contributed by atoms with van der Waals surface area (Å²) in [5.74, 6) is 1.48. The van der Waals surface area contributed by atoms with E-state index in [1.54, 1.807) is 7.11 Å². The number of piperazine rings is 1. The van der Waals surface area contributed by atoms with E-state index in [9.17, 15) is 9.59 Å². The SMILES string of the molecule is COc1ccc2c(c1)CCCC2CC(=O)N1CCN(C(=O)Cc2c[nH]c3ccccc23)CC1.